The fourth-order valence-electron chi connectivity index (χ4n) is 3.08. The Labute approximate surface area is 184 Å². The van der Waals surface area contributed by atoms with Crippen molar-refractivity contribution in [3.05, 3.63) is 64.5 Å². The summed E-state index contributed by atoms with van der Waals surface area (Å²) in [5, 5.41) is 9.25. The summed E-state index contributed by atoms with van der Waals surface area (Å²) in [6, 6.07) is 11.7. The second-order valence-corrected chi connectivity index (χ2v) is 12.2. The van der Waals surface area contributed by atoms with Gasteiger partial charge in [-0.15, -0.1) is 11.3 Å². The van der Waals surface area contributed by atoms with E-state index in [0.717, 1.165) is 22.1 Å². The summed E-state index contributed by atoms with van der Waals surface area (Å²) >= 11 is 1.46. The first-order valence-corrected chi connectivity index (χ1v) is 13.3. The van der Waals surface area contributed by atoms with Gasteiger partial charge in [0, 0.05) is 16.0 Å². The highest BCUT2D eigenvalue weighted by Crippen LogP contribution is 2.35. The number of hydrogen-bond donors (Lipinski definition) is 1. The molecule has 7 nitrogen and oxygen atoms in total. The molecular formula is C21H20O7S3. The van der Waals surface area contributed by atoms with Crippen molar-refractivity contribution in [2.75, 3.05) is 13.4 Å². The van der Waals surface area contributed by atoms with Gasteiger partial charge in [0.2, 0.25) is 0 Å². The minimum Gasteiger partial charge on any atom is -0.495 e. The van der Waals surface area contributed by atoms with Crippen molar-refractivity contribution >= 4 is 37.0 Å². The number of sulfone groups is 2. The highest BCUT2D eigenvalue weighted by atomic mass is 32.2. The fraction of sp³-hybridized carbons (Fsp3) is 0.190. The average Bonchev–Trinajstić information content (AvgIpc) is 3.12. The first-order valence-electron chi connectivity index (χ1n) is 8.96. The predicted molar refractivity (Wildman–Crippen MR) is 118 cm³/mol. The number of carboxylic acid groups (broad SMARTS) is 1. The molecule has 10 heteroatoms. The SMILES string of the molecule is COc1ccc(C(=O)O)cc1S(=O)(=O)Cc1cc(S(C)(=O)=O)ccc1-c1ccc(C)s1. The predicted octanol–water partition coefficient (Wildman–Crippen LogP) is 3.81. The lowest BCUT2D eigenvalue weighted by molar-refractivity contribution is 0.0696. The quantitative estimate of drug-likeness (QED) is 0.547. The van der Waals surface area contributed by atoms with E-state index < -0.39 is 31.4 Å². The summed E-state index contributed by atoms with van der Waals surface area (Å²) in [4.78, 5) is 12.9. The van der Waals surface area contributed by atoms with Gasteiger partial charge >= 0.3 is 5.97 Å². The lowest BCUT2D eigenvalue weighted by Crippen LogP contribution is -2.10. The topological polar surface area (TPSA) is 115 Å². The number of ether oxygens (including phenoxy) is 1. The van der Waals surface area contributed by atoms with E-state index in [2.05, 4.69) is 0 Å². The molecule has 2 aromatic carbocycles. The molecule has 1 N–H and O–H groups in total. The number of benzene rings is 2. The van der Waals surface area contributed by atoms with Crippen LogP contribution in [0.15, 0.2) is 58.3 Å². The monoisotopic (exact) mass is 480 g/mol. The normalized spacial score (nSPS) is 12.0. The maximum atomic E-state index is 13.3. The van der Waals surface area contributed by atoms with Crippen LogP contribution in [0.25, 0.3) is 10.4 Å². The molecular weight excluding hydrogens is 460 g/mol. The molecule has 0 aliphatic heterocycles. The summed E-state index contributed by atoms with van der Waals surface area (Å²) in [5.41, 5.74) is 0.702. The molecule has 0 aliphatic rings. The van der Waals surface area contributed by atoms with Gasteiger partial charge in [0.15, 0.2) is 19.7 Å². The molecule has 0 fully saturated rings. The van der Waals surface area contributed by atoms with E-state index in [9.17, 15) is 26.7 Å². The Kier molecular flexibility index (Phi) is 6.26. The minimum atomic E-state index is -4.08. The maximum Gasteiger partial charge on any atom is 0.335 e. The third-order valence-corrected chi connectivity index (χ3v) is 8.43. The molecule has 0 atom stereocenters. The smallest absolute Gasteiger partial charge is 0.335 e. The molecule has 0 aliphatic carbocycles. The van der Waals surface area contributed by atoms with Crippen LogP contribution in [0.1, 0.15) is 20.8 Å². The van der Waals surface area contributed by atoms with Gasteiger partial charge in [0.1, 0.15) is 10.6 Å². The molecule has 0 bridgehead atoms. The van der Waals surface area contributed by atoms with E-state index in [1.165, 1.54) is 42.7 Å². The van der Waals surface area contributed by atoms with Gasteiger partial charge in [-0.3, -0.25) is 0 Å². The van der Waals surface area contributed by atoms with Crippen LogP contribution in [0.5, 0.6) is 5.75 Å². The molecule has 0 radical (unpaired) electrons. The zero-order chi connectivity index (χ0) is 23.0. The summed E-state index contributed by atoms with van der Waals surface area (Å²) in [6.07, 6.45) is 1.05. The van der Waals surface area contributed by atoms with Crippen LogP contribution < -0.4 is 4.74 Å². The Morgan fingerprint density at radius 1 is 1.03 bits per heavy atom. The number of carboxylic acids is 1. The second-order valence-electron chi connectivity index (χ2n) is 6.93. The molecule has 0 spiro atoms. The van der Waals surface area contributed by atoms with Gasteiger partial charge in [-0.2, -0.15) is 0 Å². The van der Waals surface area contributed by atoms with Crippen molar-refractivity contribution in [2.24, 2.45) is 0 Å². The molecule has 3 rings (SSSR count). The highest BCUT2D eigenvalue weighted by molar-refractivity contribution is 7.91. The number of aromatic carboxylic acids is 1. The summed E-state index contributed by atoms with van der Waals surface area (Å²) in [5.74, 6) is -1.78. The van der Waals surface area contributed by atoms with E-state index in [1.54, 1.807) is 6.07 Å². The van der Waals surface area contributed by atoms with Crippen molar-refractivity contribution in [1.29, 1.82) is 0 Å². The molecule has 1 aromatic heterocycles. The number of rotatable bonds is 7. The van der Waals surface area contributed by atoms with Gasteiger partial charge < -0.3 is 9.84 Å². The van der Waals surface area contributed by atoms with Crippen LogP contribution in [0.4, 0.5) is 0 Å². The third kappa shape index (κ3) is 4.97. The van der Waals surface area contributed by atoms with E-state index in [1.807, 2.05) is 19.1 Å². The Balaban J connectivity index is 2.18. The standard InChI is InChI=1S/C21H20O7S3/c1-13-4-9-19(29-13)17-7-6-16(30(3,24)25)10-15(17)12-31(26,27)20-11-14(21(22)23)5-8-18(20)28-2/h4-11H,12H2,1-3H3,(H,22,23). The van der Waals surface area contributed by atoms with Gasteiger partial charge in [0.25, 0.3) is 0 Å². The average molecular weight is 481 g/mol. The van der Waals surface area contributed by atoms with Gasteiger partial charge in [0.05, 0.1) is 23.3 Å². The van der Waals surface area contributed by atoms with Crippen molar-refractivity contribution in [2.45, 2.75) is 22.5 Å². The van der Waals surface area contributed by atoms with Crippen molar-refractivity contribution in [3.8, 4) is 16.2 Å². The fourth-order valence-corrected chi connectivity index (χ4v) is 6.24. The molecule has 0 amide bonds. The van der Waals surface area contributed by atoms with E-state index in [4.69, 9.17) is 4.74 Å². The van der Waals surface area contributed by atoms with Crippen molar-refractivity contribution < 1.29 is 31.5 Å². The zero-order valence-corrected chi connectivity index (χ0v) is 19.4. The van der Waals surface area contributed by atoms with Gasteiger partial charge in [-0.05, 0) is 60.5 Å². The summed E-state index contributed by atoms with van der Waals surface area (Å²) in [6.45, 7) is 1.91. The molecule has 164 valence electrons. The third-order valence-electron chi connectivity index (χ3n) is 4.60. The van der Waals surface area contributed by atoms with E-state index >= 15 is 0 Å². The molecule has 0 saturated heterocycles. The van der Waals surface area contributed by atoms with Crippen LogP contribution in [-0.2, 0) is 25.4 Å². The molecule has 1 heterocycles. The maximum absolute atomic E-state index is 13.3. The second kappa shape index (κ2) is 8.45. The lowest BCUT2D eigenvalue weighted by Gasteiger charge is -2.14. The van der Waals surface area contributed by atoms with Gasteiger partial charge in [-0.25, -0.2) is 21.6 Å². The molecule has 31 heavy (non-hydrogen) atoms. The van der Waals surface area contributed by atoms with E-state index in [0.29, 0.717) is 11.1 Å². The van der Waals surface area contributed by atoms with Crippen LogP contribution in [0, 0.1) is 6.92 Å². The van der Waals surface area contributed by atoms with Crippen LogP contribution in [0.2, 0.25) is 0 Å². The summed E-state index contributed by atoms with van der Waals surface area (Å²) in [7, 11) is -6.35. The lowest BCUT2D eigenvalue weighted by atomic mass is 10.1. The Morgan fingerprint density at radius 3 is 2.29 bits per heavy atom. The minimum absolute atomic E-state index is 0.000907. The first kappa shape index (κ1) is 23.0. The van der Waals surface area contributed by atoms with Crippen molar-refractivity contribution in [1.82, 2.24) is 0 Å². The van der Waals surface area contributed by atoms with Crippen LogP contribution >= 0.6 is 11.3 Å². The number of aryl methyl sites for hydroxylation is 1. The zero-order valence-electron chi connectivity index (χ0n) is 16.9. The van der Waals surface area contributed by atoms with E-state index in [-0.39, 0.29) is 21.1 Å². The van der Waals surface area contributed by atoms with Gasteiger partial charge in [-0.1, -0.05) is 6.07 Å². The largest absolute Gasteiger partial charge is 0.495 e. The van der Waals surface area contributed by atoms with Crippen LogP contribution in [-0.4, -0.2) is 41.3 Å². The molecule has 0 unspecified atom stereocenters. The first-order chi connectivity index (χ1) is 14.4. The number of thiophene rings is 1. The Hall–Kier alpha value is -2.69. The number of hydrogen-bond acceptors (Lipinski definition) is 7. The van der Waals surface area contributed by atoms with Crippen molar-refractivity contribution in [3.63, 3.8) is 0 Å². The number of methoxy groups -OCH3 is 1. The molecule has 3 aromatic rings. The highest BCUT2D eigenvalue weighted by Gasteiger charge is 2.25. The number of carbonyl (C=O) groups is 1. The molecule has 0 saturated carbocycles. The Morgan fingerprint density at radius 2 is 1.74 bits per heavy atom. The summed E-state index contributed by atoms with van der Waals surface area (Å²) < 4.78 is 55.8. The Bertz CT molecular complexity index is 1370. The van der Waals surface area contributed by atoms with Crippen LogP contribution in [0.3, 0.4) is 0 Å².